The van der Waals surface area contributed by atoms with E-state index in [9.17, 15) is 13.2 Å². The van der Waals surface area contributed by atoms with Crippen LogP contribution in [0.25, 0.3) is 0 Å². The van der Waals surface area contributed by atoms with Gasteiger partial charge in [-0.2, -0.15) is 0 Å². The van der Waals surface area contributed by atoms with Gasteiger partial charge in [0.2, 0.25) is 10.0 Å². The minimum atomic E-state index is -3.47. The molecule has 1 atom stereocenters. The third-order valence-corrected chi connectivity index (χ3v) is 4.19. The highest BCUT2D eigenvalue weighted by Crippen LogP contribution is 2.12. The number of nitrogens with two attached hydrogens (primary N) is 1. The number of methoxy groups -OCH3 is 1. The van der Waals surface area contributed by atoms with Crippen LogP contribution in [0.5, 0.6) is 0 Å². The molecule has 0 bridgehead atoms. The Labute approximate surface area is 119 Å². The average Bonchev–Trinajstić information content (AvgIpc) is 2.45. The zero-order chi connectivity index (χ0) is 15.0. The van der Waals surface area contributed by atoms with Gasteiger partial charge in [-0.05, 0) is 12.0 Å². The summed E-state index contributed by atoms with van der Waals surface area (Å²) < 4.78 is 30.0. The summed E-state index contributed by atoms with van der Waals surface area (Å²) in [6, 6.07) is 9.24. The number of nitrogens with one attached hydrogen (secondary N) is 1. The Hall–Kier alpha value is -1.44. The molecule has 1 rings (SSSR count). The summed E-state index contributed by atoms with van der Waals surface area (Å²) >= 11 is 0. The lowest BCUT2D eigenvalue weighted by Crippen LogP contribution is -2.30. The number of hydrogen-bond donors (Lipinski definition) is 2. The summed E-state index contributed by atoms with van der Waals surface area (Å²) in [5, 5.41) is 0. The van der Waals surface area contributed by atoms with E-state index in [1.807, 2.05) is 30.3 Å². The number of hydrogen-bond acceptors (Lipinski definition) is 5. The standard InChI is InChI=1S/C13H20N2O4S/c1-19-13(16)8-10-20(17,18)15-9-7-12(14)11-5-3-2-4-6-11/h2-6,12,15H,7-10,14H2,1H3. The molecule has 7 heteroatoms. The average molecular weight is 300 g/mol. The Morgan fingerprint density at radius 3 is 2.60 bits per heavy atom. The van der Waals surface area contributed by atoms with Crippen LogP contribution in [0.1, 0.15) is 24.4 Å². The first kappa shape index (κ1) is 16.6. The summed E-state index contributed by atoms with van der Waals surface area (Å²) in [4.78, 5) is 10.9. The van der Waals surface area contributed by atoms with Gasteiger partial charge in [0.05, 0.1) is 19.3 Å². The van der Waals surface area contributed by atoms with E-state index in [0.29, 0.717) is 6.42 Å². The van der Waals surface area contributed by atoms with Gasteiger partial charge >= 0.3 is 5.97 Å². The predicted molar refractivity (Wildman–Crippen MR) is 76.4 cm³/mol. The van der Waals surface area contributed by atoms with Crippen LogP contribution in [-0.2, 0) is 19.6 Å². The minimum Gasteiger partial charge on any atom is -0.469 e. The quantitative estimate of drug-likeness (QED) is 0.683. The molecule has 0 aliphatic rings. The molecule has 112 valence electrons. The van der Waals surface area contributed by atoms with Gasteiger partial charge in [-0.1, -0.05) is 30.3 Å². The van der Waals surface area contributed by atoms with Gasteiger partial charge in [0.25, 0.3) is 0 Å². The van der Waals surface area contributed by atoms with E-state index in [1.54, 1.807) is 0 Å². The molecule has 20 heavy (non-hydrogen) atoms. The summed E-state index contributed by atoms with van der Waals surface area (Å²) in [6.45, 7) is 0.236. The van der Waals surface area contributed by atoms with Gasteiger partial charge in [0.1, 0.15) is 0 Å². The van der Waals surface area contributed by atoms with E-state index in [1.165, 1.54) is 7.11 Å². The Kier molecular flexibility index (Phi) is 6.63. The fraction of sp³-hybridized carbons (Fsp3) is 0.462. The monoisotopic (exact) mass is 300 g/mol. The van der Waals surface area contributed by atoms with E-state index >= 15 is 0 Å². The molecule has 0 radical (unpaired) electrons. The molecule has 3 N–H and O–H groups in total. The topological polar surface area (TPSA) is 98.5 Å². The molecule has 0 saturated heterocycles. The second-order valence-corrected chi connectivity index (χ2v) is 6.27. The van der Waals surface area contributed by atoms with Gasteiger partial charge < -0.3 is 10.5 Å². The van der Waals surface area contributed by atoms with Crippen LogP contribution < -0.4 is 10.5 Å². The summed E-state index contributed by atoms with van der Waals surface area (Å²) in [5.74, 6) is -0.823. The third kappa shape index (κ3) is 6.14. The van der Waals surface area contributed by atoms with Crippen molar-refractivity contribution in [1.29, 1.82) is 0 Å². The van der Waals surface area contributed by atoms with Gasteiger partial charge in [0, 0.05) is 12.6 Å². The van der Waals surface area contributed by atoms with E-state index in [4.69, 9.17) is 5.73 Å². The van der Waals surface area contributed by atoms with Crippen molar-refractivity contribution in [3.05, 3.63) is 35.9 Å². The van der Waals surface area contributed by atoms with Crippen LogP contribution >= 0.6 is 0 Å². The van der Waals surface area contributed by atoms with Crippen molar-refractivity contribution < 1.29 is 17.9 Å². The maximum Gasteiger partial charge on any atom is 0.306 e. The van der Waals surface area contributed by atoms with Crippen LogP contribution in [-0.4, -0.2) is 33.8 Å². The lowest BCUT2D eigenvalue weighted by Gasteiger charge is -2.12. The molecule has 1 aromatic carbocycles. The molecular weight excluding hydrogens is 280 g/mol. The fourth-order valence-electron chi connectivity index (χ4n) is 1.63. The van der Waals surface area contributed by atoms with Crippen molar-refractivity contribution in [2.45, 2.75) is 18.9 Å². The third-order valence-electron chi connectivity index (χ3n) is 2.81. The molecule has 0 aliphatic heterocycles. The van der Waals surface area contributed by atoms with Crippen molar-refractivity contribution in [3.8, 4) is 0 Å². The zero-order valence-corrected chi connectivity index (χ0v) is 12.2. The Morgan fingerprint density at radius 2 is 2.00 bits per heavy atom. The van der Waals surface area contributed by atoms with Crippen LogP contribution in [0.2, 0.25) is 0 Å². The lowest BCUT2D eigenvalue weighted by atomic mass is 10.1. The molecule has 6 nitrogen and oxygen atoms in total. The Bertz CT molecular complexity index is 516. The van der Waals surface area contributed by atoms with Crippen molar-refractivity contribution in [2.24, 2.45) is 5.73 Å². The first-order chi connectivity index (χ1) is 9.44. The molecule has 0 amide bonds. The van der Waals surface area contributed by atoms with Crippen molar-refractivity contribution in [2.75, 3.05) is 19.4 Å². The molecule has 0 fully saturated rings. The smallest absolute Gasteiger partial charge is 0.306 e. The summed E-state index contributed by atoms with van der Waals surface area (Å²) in [7, 11) is -2.25. The molecule has 0 saturated carbocycles. The van der Waals surface area contributed by atoms with E-state index in [-0.39, 0.29) is 24.8 Å². The lowest BCUT2D eigenvalue weighted by molar-refractivity contribution is -0.140. The zero-order valence-electron chi connectivity index (χ0n) is 11.4. The van der Waals surface area contributed by atoms with Gasteiger partial charge in [-0.25, -0.2) is 13.1 Å². The predicted octanol–water partition coefficient (Wildman–Crippen LogP) is 0.559. The fourth-order valence-corrected chi connectivity index (χ4v) is 2.64. The number of ether oxygens (including phenoxy) is 1. The highest BCUT2D eigenvalue weighted by atomic mass is 32.2. The molecule has 1 unspecified atom stereocenters. The molecule has 0 aliphatic carbocycles. The highest BCUT2D eigenvalue weighted by Gasteiger charge is 2.14. The van der Waals surface area contributed by atoms with E-state index < -0.39 is 16.0 Å². The van der Waals surface area contributed by atoms with Crippen LogP contribution in [0.3, 0.4) is 0 Å². The molecule has 0 spiro atoms. The van der Waals surface area contributed by atoms with Crippen molar-refractivity contribution in [1.82, 2.24) is 4.72 Å². The number of esters is 1. The number of rotatable bonds is 8. The van der Waals surface area contributed by atoms with Crippen molar-refractivity contribution >= 4 is 16.0 Å². The summed E-state index contributed by atoms with van der Waals surface area (Å²) in [6.07, 6.45) is 0.331. The maximum atomic E-state index is 11.6. The second-order valence-electron chi connectivity index (χ2n) is 4.35. The first-order valence-corrected chi connectivity index (χ1v) is 7.94. The van der Waals surface area contributed by atoms with Crippen LogP contribution in [0, 0.1) is 0 Å². The first-order valence-electron chi connectivity index (χ1n) is 6.29. The van der Waals surface area contributed by atoms with Gasteiger partial charge in [-0.15, -0.1) is 0 Å². The highest BCUT2D eigenvalue weighted by molar-refractivity contribution is 7.89. The van der Waals surface area contributed by atoms with Gasteiger partial charge in [-0.3, -0.25) is 4.79 Å². The van der Waals surface area contributed by atoms with E-state index in [2.05, 4.69) is 9.46 Å². The maximum absolute atomic E-state index is 11.6. The van der Waals surface area contributed by atoms with Crippen LogP contribution in [0.4, 0.5) is 0 Å². The molecular formula is C13H20N2O4S. The number of sulfonamides is 1. The number of carbonyl (C=O) groups excluding carboxylic acids is 1. The molecule has 0 aromatic heterocycles. The van der Waals surface area contributed by atoms with Gasteiger partial charge in [0.15, 0.2) is 0 Å². The molecule has 0 heterocycles. The summed E-state index contributed by atoms with van der Waals surface area (Å²) in [5.41, 5.74) is 6.92. The Balaban J connectivity index is 2.34. The SMILES string of the molecule is COC(=O)CCS(=O)(=O)NCCC(N)c1ccccc1. The van der Waals surface area contributed by atoms with Crippen LogP contribution in [0.15, 0.2) is 30.3 Å². The second kappa shape index (κ2) is 7.98. The number of benzene rings is 1. The Morgan fingerprint density at radius 1 is 1.35 bits per heavy atom. The number of carbonyl (C=O) groups is 1. The molecule has 1 aromatic rings. The normalized spacial score (nSPS) is 12.9. The van der Waals surface area contributed by atoms with E-state index in [0.717, 1.165) is 5.56 Å². The largest absolute Gasteiger partial charge is 0.469 e. The minimum absolute atomic E-state index is 0.156. The van der Waals surface area contributed by atoms with Crippen molar-refractivity contribution in [3.63, 3.8) is 0 Å².